The van der Waals surface area contributed by atoms with Crippen molar-refractivity contribution in [2.45, 2.75) is 25.1 Å². The van der Waals surface area contributed by atoms with E-state index in [1.165, 1.54) is 6.07 Å². The molecule has 8 heteroatoms. The number of benzene rings is 2. The highest BCUT2D eigenvalue weighted by Crippen LogP contribution is 2.46. The molecule has 2 aromatic rings. The van der Waals surface area contributed by atoms with Gasteiger partial charge in [0.1, 0.15) is 42.0 Å². The van der Waals surface area contributed by atoms with Crippen LogP contribution < -0.4 is 16.0 Å². The van der Waals surface area contributed by atoms with Gasteiger partial charge in [-0.2, -0.15) is 0 Å². The van der Waals surface area contributed by atoms with Crippen LogP contribution in [0, 0.1) is 5.82 Å². The second-order valence-electron chi connectivity index (χ2n) is 7.69. The van der Waals surface area contributed by atoms with Crippen LogP contribution in [0.25, 0.3) is 5.57 Å². The van der Waals surface area contributed by atoms with Crippen LogP contribution in [0.15, 0.2) is 48.7 Å². The first kappa shape index (κ1) is 20.2. The van der Waals surface area contributed by atoms with Gasteiger partial charge in [0.05, 0.1) is 18.8 Å². The summed E-state index contributed by atoms with van der Waals surface area (Å²) < 4.78 is 20.2. The molecule has 3 atom stereocenters. The van der Waals surface area contributed by atoms with Crippen molar-refractivity contribution < 1.29 is 23.8 Å². The van der Waals surface area contributed by atoms with Gasteiger partial charge in [-0.1, -0.05) is 18.2 Å². The number of quaternary nitrogens is 1. The fraction of sp³-hybridized carbons (Fsp3) is 0.273. The lowest BCUT2D eigenvalue weighted by atomic mass is 9.98. The van der Waals surface area contributed by atoms with Crippen LogP contribution in [0.4, 0.5) is 10.1 Å². The maximum absolute atomic E-state index is 14.8. The summed E-state index contributed by atoms with van der Waals surface area (Å²) in [5.74, 6) is -1.80. The summed E-state index contributed by atoms with van der Waals surface area (Å²) in [6, 6.07) is 11.0. The maximum Gasteiger partial charge on any atom is 0.255 e. The molecule has 5 N–H and O–H groups in total. The van der Waals surface area contributed by atoms with Gasteiger partial charge in [-0.25, -0.2) is 4.39 Å². The number of primary amides is 2. The fourth-order valence-corrected chi connectivity index (χ4v) is 4.53. The molecule has 1 fully saturated rings. The molecule has 2 aromatic carbocycles. The molecule has 1 saturated heterocycles. The minimum absolute atomic E-state index is 0.0335. The molecule has 2 amide bonds. The lowest BCUT2D eigenvalue weighted by Crippen LogP contribution is -2.59. The molecule has 2 aliphatic heterocycles. The third kappa shape index (κ3) is 3.28. The van der Waals surface area contributed by atoms with Crippen LogP contribution >= 0.6 is 0 Å². The van der Waals surface area contributed by atoms with E-state index < -0.39 is 23.7 Å². The molecule has 7 nitrogen and oxygen atoms in total. The molecule has 30 heavy (non-hydrogen) atoms. The van der Waals surface area contributed by atoms with E-state index >= 15 is 0 Å². The first-order valence-electron chi connectivity index (χ1n) is 9.67. The molecule has 156 valence electrons. The molecular weight excluding hydrogens is 389 g/mol. The lowest BCUT2D eigenvalue weighted by Gasteiger charge is -2.43. The fourth-order valence-electron chi connectivity index (χ4n) is 4.53. The van der Waals surface area contributed by atoms with Gasteiger partial charge in [-0.3, -0.25) is 14.1 Å². The molecule has 4 rings (SSSR count). The Morgan fingerprint density at radius 1 is 1.13 bits per heavy atom. The van der Waals surface area contributed by atoms with Crippen LogP contribution in [0.3, 0.4) is 0 Å². The van der Waals surface area contributed by atoms with Crippen molar-refractivity contribution in [3.05, 3.63) is 71.2 Å². The number of carbonyl (C=O) groups is 2. The number of carbonyl (C=O) groups excluding carboxylic acids is 2. The van der Waals surface area contributed by atoms with Crippen LogP contribution in [0.5, 0.6) is 0 Å². The smallest absolute Gasteiger partial charge is 0.255 e. The Hall–Kier alpha value is -3.07. The molecule has 2 aliphatic rings. The number of aliphatic hydroxyl groups excluding tert-OH is 1. The van der Waals surface area contributed by atoms with Gasteiger partial charge in [0.15, 0.2) is 0 Å². The zero-order chi connectivity index (χ0) is 21.5. The van der Waals surface area contributed by atoms with Crippen molar-refractivity contribution in [1.82, 2.24) is 4.48 Å². The van der Waals surface area contributed by atoms with E-state index in [9.17, 15) is 19.1 Å². The molecule has 0 spiro atoms. The largest absolute Gasteiger partial charge is 0.384 e. The summed E-state index contributed by atoms with van der Waals surface area (Å²) in [6.45, 7) is 0.913. The second kappa shape index (κ2) is 7.64. The molecular formula is C22H23FN3O4+. The van der Waals surface area contributed by atoms with Gasteiger partial charge in [-0.15, -0.1) is 0 Å². The molecule has 0 bridgehead atoms. The number of fused-ring (bicyclic) bond motifs is 1. The first-order chi connectivity index (χ1) is 14.3. The van der Waals surface area contributed by atoms with Crippen molar-refractivity contribution in [3.63, 3.8) is 0 Å². The summed E-state index contributed by atoms with van der Waals surface area (Å²) in [5.41, 5.74) is 12.9. The number of halogens is 1. The zero-order valence-corrected chi connectivity index (χ0v) is 16.3. The monoisotopic (exact) mass is 412 g/mol. The van der Waals surface area contributed by atoms with Crippen LogP contribution in [-0.2, 0) is 16.1 Å². The number of rotatable bonds is 5. The molecule has 2 heterocycles. The predicted molar refractivity (Wildman–Crippen MR) is 109 cm³/mol. The first-order valence-corrected chi connectivity index (χ1v) is 9.67. The lowest BCUT2D eigenvalue weighted by molar-refractivity contribution is -0.112. The van der Waals surface area contributed by atoms with Crippen molar-refractivity contribution in [1.29, 1.82) is 0 Å². The molecule has 0 aliphatic carbocycles. The van der Waals surface area contributed by atoms with Gasteiger partial charge in [-0.05, 0) is 18.2 Å². The van der Waals surface area contributed by atoms with E-state index in [1.54, 1.807) is 42.6 Å². The van der Waals surface area contributed by atoms with E-state index in [2.05, 4.69) is 0 Å². The third-order valence-electron chi connectivity index (χ3n) is 5.90. The van der Waals surface area contributed by atoms with E-state index in [-0.39, 0.29) is 28.3 Å². The Labute approximate surface area is 172 Å². The Morgan fingerprint density at radius 2 is 1.87 bits per heavy atom. The zero-order valence-electron chi connectivity index (χ0n) is 16.3. The Balaban J connectivity index is 1.88. The summed E-state index contributed by atoms with van der Waals surface area (Å²) in [6.07, 6.45) is 1.35. The number of hydrogen-bond donors (Lipinski definition) is 3. The quantitative estimate of drug-likeness (QED) is 0.644. The number of amides is 2. The van der Waals surface area contributed by atoms with Crippen LogP contribution in [-0.4, -0.2) is 42.3 Å². The van der Waals surface area contributed by atoms with Crippen molar-refractivity contribution in [2.24, 2.45) is 11.5 Å². The van der Waals surface area contributed by atoms with Crippen LogP contribution in [0.2, 0.25) is 0 Å². The highest BCUT2D eigenvalue weighted by Gasteiger charge is 2.50. The number of nitrogens with zero attached hydrogens (tertiary/aromatic N) is 1. The van der Waals surface area contributed by atoms with Gasteiger partial charge in [0, 0.05) is 23.6 Å². The molecule has 0 aromatic heterocycles. The summed E-state index contributed by atoms with van der Waals surface area (Å²) in [5, 5.41) is 10.8. The number of aliphatic hydroxyl groups is 1. The Morgan fingerprint density at radius 3 is 2.50 bits per heavy atom. The van der Waals surface area contributed by atoms with Crippen molar-refractivity contribution in [3.8, 4) is 0 Å². The third-order valence-corrected chi connectivity index (χ3v) is 5.90. The average molecular weight is 412 g/mol. The van der Waals surface area contributed by atoms with Gasteiger partial charge in [0.2, 0.25) is 5.91 Å². The van der Waals surface area contributed by atoms with Crippen LogP contribution in [0.1, 0.15) is 27.9 Å². The van der Waals surface area contributed by atoms with Gasteiger partial charge < -0.3 is 21.3 Å². The summed E-state index contributed by atoms with van der Waals surface area (Å²) >= 11 is 0. The number of ether oxygens (including phenoxy) is 1. The summed E-state index contributed by atoms with van der Waals surface area (Å²) in [4.78, 5) is 23.6. The number of hydrogen-bond acceptors (Lipinski definition) is 4. The predicted octanol–water partition coefficient (Wildman–Crippen LogP) is 1.42. The Kier molecular flexibility index (Phi) is 5.15. The molecule has 0 radical (unpaired) electrons. The minimum atomic E-state index is -0.816. The standard InChI is InChI=1S/C22H22FN3O4/c23-16-2-1-3-18-20(16)15(22(25)29)11-26(18,17-8-9-30-12-19(17)27)10-13-4-6-14(7-5-13)21(24)28/h1-7,11,17,19,27H,8-10,12H2,(H3-,24,25,28,29)/p+1. The van der Waals surface area contributed by atoms with Crippen molar-refractivity contribution >= 4 is 23.1 Å². The normalized spacial score (nSPS) is 25.5. The highest BCUT2D eigenvalue weighted by molar-refractivity contribution is 6.22. The topological polar surface area (TPSA) is 116 Å². The van der Waals surface area contributed by atoms with Gasteiger partial charge >= 0.3 is 0 Å². The second-order valence-corrected chi connectivity index (χ2v) is 7.69. The number of nitrogens with two attached hydrogens (primary N) is 2. The highest BCUT2D eigenvalue weighted by atomic mass is 19.1. The maximum atomic E-state index is 14.8. The average Bonchev–Trinajstić information content (AvgIpc) is 3.05. The minimum Gasteiger partial charge on any atom is -0.384 e. The van der Waals surface area contributed by atoms with E-state index in [1.807, 2.05) is 0 Å². The van der Waals surface area contributed by atoms with E-state index in [0.29, 0.717) is 30.8 Å². The SMILES string of the molecule is NC(=O)C1=C[N+](Cc2ccc(C(N)=O)cc2)(C2CCOCC2O)c2cccc(F)c21. The van der Waals surface area contributed by atoms with E-state index in [0.717, 1.165) is 5.56 Å². The molecule has 0 saturated carbocycles. The van der Waals surface area contributed by atoms with E-state index in [4.69, 9.17) is 16.2 Å². The van der Waals surface area contributed by atoms with Gasteiger partial charge in [0.25, 0.3) is 5.91 Å². The Bertz CT molecular complexity index is 1040. The van der Waals surface area contributed by atoms with Crippen molar-refractivity contribution in [2.75, 3.05) is 13.2 Å². The molecule has 3 unspecified atom stereocenters. The summed E-state index contributed by atoms with van der Waals surface area (Å²) in [7, 11) is 0.